The van der Waals surface area contributed by atoms with Crippen LogP contribution in [-0.2, 0) is 0 Å². The molecule has 0 saturated heterocycles. The summed E-state index contributed by atoms with van der Waals surface area (Å²) in [6.45, 7) is 6.97. The number of nitrogen functional groups attached to an aromatic ring is 1. The number of aromatic nitrogens is 2. The van der Waals surface area contributed by atoms with Crippen molar-refractivity contribution in [1.82, 2.24) is 9.97 Å². The average Bonchev–Trinajstić information content (AvgIpc) is 2.37. The molecule has 0 aliphatic carbocycles. The summed E-state index contributed by atoms with van der Waals surface area (Å²) in [6, 6.07) is 0.348. The van der Waals surface area contributed by atoms with Crippen LogP contribution in [0.1, 0.15) is 46.5 Å². The van der Waals surface area contributed by atoms with E-state index in [1.54, 1.807) is 0 Å². The molecule has 0 fully saturated rings. The van der Waals surface area contributed by atoms with Gasteiger partial charge in [0.25, 0.3) is 0 Å². The monoisotopic (exact) mass is 252 g/mol. The standard InChI is InChI=1S/C13H24N4O/c1-4-6-7-10(3)17-12-11(14)13(16-9-15-12)18-8-5-2/h9-10H,4-8,14H2,1-3H3,(H,15,16,17). The molecular formula is C13H24N4O. The summed E-state index contributed by atoms with van der Waals surface area (Å²) in [5.41, 5.74) is 6.48. The van der Waals surface area contributed by atoms with E-state index < -0.39 is 0 Å². The molecule has 1 unspecified atom stereocenters. The molecule has 0 spiro atoms. The Kier molecular flexibility index (Phi) is 6.25. The van der Waals surface area contributed by atoms with Crippen LogP contribution in [0, 0.1) is 0 Å². The zero-order chi connectivity index (χ0) is 13.4. The Labute approximate surface area is 109 Å². The Morgan fingerprint density at radius 2 is 2.11 bits per heavy atom. The Bertz CT molecular complexity index is 357. The van der Waals surface area contributed by atoms with Gasteiger partial charge in [-0.25, -0.2) is 4.98 Å². The van der Waals surface area contributed by atoms with Crippen molar-refractivity contribution in [2.24, 2.45) is 0 Å². The molecule has 3 N–H and O–H groups in total. The summed E-state index contributed by atoms with van der Waals surface area (Å²) in [5, 5.41) is 3.31. The molecule has 18 heavy (non-hydrogen) atoms. The molecule has 1 rings (SSSR count). The van der Waals surface area contributed by atoms with Crippen LogP contribution in [0.2, 0.25) is 0 Å². The smallest absolute Gasteiger partial charge is 0.242 e. The normalized spacial score (nSPS) is 12.2. The number of nitrogens with one attached hydrogen (secondary N) is 1. The molecule has 0 bridgehead atoms. The van der Waals surface area contributed by atoms with Crippen molar-refractivity contribution < 1.29 is 4.74 Å². The summed E-state index contributed by atoms with van der Waals surface area (Å²) in [7, 11) is 0. The van der Waals surface area contributed by atoms with Gasteiger partial charge in [-0.3, -0.25) is 0 Å². The van der Waals surface area contributed by atoms with Crippen LogP contribution < -0.4 is 15.8 Å². The highest BCUT2D eigenvalue weighted by Crippen LogP contribution is 2.25. The van der Waals surface area contributed by atoms with Gasteiger partial charge in [-0.05, 0) is 19.8 Å². The number of rotatable bonds is 8. The third-order valence-corrected chi connectivity index (χ3v) is 2.66. The van der Waals surface area contributed by atoms with Gasteiger partial charge in [-0.1, -0.05) is 26.7 Å². The van der Waals surface area contributed by atoms with Crippen molar-refractivity contribution in [3.05, 3.63) is 6.33 Å². The number of ether oxygens (including phenoxy) is 1. The van der Waals surface area contributed by atoms with Crippen molar-refractivity contribution in [2.75, 3.05) is 17.7 Å². The van der Waals surface area contributed by atoms with Gasteiger partial charge in [0.2, 0.25) is 5.88 Å². The molecule has 0 aliphatic rings. The Morgan fingerprint density at radius 1 is 1.33 bits per heavy atom. The van der Waals surface area contributed by atoms with E-state index in [4.69, 9.17) is 10.5 Å². The molecule has 5 heteroatoms. The van der Waals surface area contributed by atoms with E-state index in [0.717, 1.165) is 12.8 Å². The molecule has 5 nitrogen and oxygen atoms in total. The van der Waals surface area contributed by atoms with Crippen molar-refractivity contribution in [2.45, 2.75) is 52.5 Å². The van der Waals surface area contributed by atoms with Crippen LogP contribution in [0.4, 0.5) is 11.5 Å². The molecule has 0 aliphatic heterocycles. The maximum atomic E-state index is 5.99. The number of anilines is 2. The minimum atomic E-state index is 0.348. The van der Waals surface area contributed by atoms with E-state index in [1.165, 1.54) is 19.2 Å². The zero-order valence-corrected chi connectivity index (χ0v) is 11.6. The molecule has 0 saturated carbocycles. The second-order valence-corrected chi connectivity index (χ2v) is 4.48. The van der Waals surface area contributed by atoms with Gasteiger partial charge in [0.1, 0.15) is 12.0 Å². The Hall–Kier alpha value is -1.52. The molecule has 0 radical (unpaired) electrons. The van der Waals surface area contributed by atoms with Gasteiger partial charge in [0.05, 0.1) is 6.61 Å². The maximum Gasteiger partial charge on any atom is 0.242 e. The molecule has 1 atom stereocenters. The predicted molar refractivity (Wildman–Crippen MR) is 74.8 cm³/mol. The predicted octanol–water partition coefficient (Wildman–Crippen LogP) is 2.84. The summed E-state index contributed by atoms with van der Waals surface area (Å²) in [6.07, 6.45) is 5.90. The Morgan fingerprint density at radius 3 is 2.78 bits per heavy atom. The first-order chi connectivity index (χ1) is 8.69. The number of nitrogens with two attached hydrogens (primary N) is 1. The number of hydrogen-bond acceptors (Lipinski definition) is 5. The first-order valence-corrected chi connectivity index (χ1v) is 6.68. The lowest BCUT2D eigenvalue weighted by Crippen LogP contribution is -2.17. The number of nitrogens with zero attached hydrogens (tertiary/aromatic N) is 2. The topological polar surface area (TPSA) is 73.1 Å². The van der Waals surface area contributed by atoms with Crippen molar-refractivity contribution >= 4 is 11.5 Å². The molecule has 0 aromatic carbocycles. The van der Waals surface area contributed by atoms with Crippen LogP contribution >= 0.6 is 0 Å². The van der Waals surface area contributed by atoms with Gasteiger partial charge in [0.15, 0.2) is 5.82 Å². The van der Waals surface area contributed by atoms with Gasteiger partial charge in [-0.2, -0.15) is 4.98 Å². The quantitative estimate of drug-likeness (QED) is 0.744. The van der Waals surface area contributed by atoms with E-state index in [-0.39, 0.29) is 0 Å². The van der Waals surface area contributed by atoms with E-state index in [1.807, 2.05) is 6.92 Å². The van der Waals surface area contributed by atoms with Crippen molar-refractivity contribution in [3.8, 4) is 5.88 Å². The second-order valence-electron chi connectivity index (χ2n) is 4.48. The minimum Gasteiger partial charge on any atom is -0.476 e. The lowest BCUT2D eigenvalue weighted by molar-refractivity contribution is 0.306. The van der Waals surface area contributed by atoms with Crippen molar-refractivity contribution in [1.29, 1.82) is 0 Å². The largest absolute Gasteiger partial charge is 0.476 e. The van der Waals surface area contributed by atoms with Gasteiger partial charge >= 0.3 is 0 Å². The fraction of sp³-hybridized carbons (Fsp3) is 0.692. The third kappa shape index (κ3) is 4.39. The summed E-state index contributed by atoms with van der Waals surface area (Å²) >= 11 is 0. The first-order valence-electron chi connectivity index (χ1n) is 6.68. The molecule has 0 amide bonds. The second kappa shape index (κ2) is 7.74. The summed E-state index contributed by atoms with van der Waals surface area (Å²) in [5.74, 6) is 1.14. The molecule has 1 aromatic rings. The van der Waals surface area contributed by atoms with Crippen LogP contribution in [0.25, 0.3) is 0 Å². The molecule has 1 heterocycles. The average molecular weight is 252 g/mol. The summed E-state index contributed by atoms with van der Waals surface area (Å²) < 4.78 is 5.47. The lowest BCUT2D eigenvalue weighted by atomic mass is 10.1. The van der Waals surface area contributed by atoms with E-state index in [0.29, 0.717) is 30.0 Å². The summed E-state index contributed by atoms with van der Waals surface area (Å²) in [4.78, 5) is 8.22. The number of unbranched alkanes of at least 4 members (excludes halogenated alkanes) is 1. The maximum absolute atomic E-state index is 5.99. The highest BCUT2D eigenvalue weighted by Gasteiger charge is 2.11. The van der Waals surface area contributed by atoms with Gasteiger partial charge in [-0.15, -0.1) is 0 Å². The number of hydrogen-bond donors (Lipinski definition) is 2. The van der Waals surface area contributed by atoms with Crippen LogP contribution in [0.3, 0.4) is 0 Å². The highest BCUT2D eigenvalue weighted by atomic mass is 16.5. The first kappa shape index (κ1) is 14.5. The zero-order valence-electron chi connectivity index (χ0n) is 11.6. The van der Waals surface area contributed by atoms with Crippen molar-refractivity contribution in [3.63, 3.8) is 0 Å². The van der Waals surface area contributed by atoms with Crippen LogP contribution in [0.15, 0.2) is 6.33 Å². The third-order valence-electron chi connectivity index (χ3n) is 2.66. The van der Waals surface area contributed by atoms with Crippen LogP contribution in [-0.4, -0.2) is 22.6 Å². The molecule has 1 aromatic heterocycles. The van der Waals surface area contributed by atoms with Gasteiger partial charge in [0, 0.05) is 6.04 Å². The van der Waals surface area contributed by atoms with E-state index in [9.17, 15) is 0 Å². The minimum absolute atomic E-state index is 0.348. The fourth-order valence-electron chi connectivity index (χ4n) is 1.62. The van der Waals surface area contributed by atoms with Crippen LogP contribution in [0.5, 0.6) is 5.88 Å². The SMILES string of the molecule is CCCCC(C)Nc1ncnc(OCCC)c1N. The molecular weight excluding hydrogens is 228 g/mol. The van der Waals surface area contributed by atoms with E-state index >= 15 is 0 Å². The molecule has 102 valence electrons. The van der Waals surface area contributed by atoms with Gasteiger partial charge < -0.3 is 15.8 Å². The van der Waals surface area contributed by atoms with E-state index in [2.05, 4.69) is 29.1 Å². The lowest BCUT2D eigenvalue weighted by Gasteiger charge is -2.16. The Balaban J connectivity index is 2.64. The fourth-order valence-corrected chi connectivity index (χ4v) is 1.62. The highest BCUT2D eigenvalue weighted by molar-refractivity contribution is 5.66.